The highest BCUT2D eigenvalue weighted by Gasteiger charge is 2.52. The van der Waals surface area contributed by atoms with Crippen molar-refractivity contribution < 1.29 is 23.5 Å². The number of hydrogen-bond donors (Lipinski definition) is 0. The maximum absolute atomic E-state index is 13.1. The number of carbonyl (C=O) groups excluding carboxylic acids is 3. The molecule has 39 heavy (non-hydrogen) atoms. The van der Waals surface area contributed by atoms with E-state index in [1.165, 1.54) is 60.0 Å². The van der Waals surface area contributed by atoms with Crippen LogP contribution in [0.2, 0.25) is 0 Å². The van der Waals surface area contributed by atoms with Crippen LogP contribution in [0.5, 0.6) is 0 Å². The quantitative estimate of drug-likeness (QED) is 0.121. The van der Waals surface area contributed by atoms with Crippen LogP contribution in [0.25, 0.3) is 0 Å². The summed E-state index contributed by atoms with van der Waals surface area (Å²) in [5.41, 5.74) is 2.83. The number of allylic oxidation sites excluding steroid dienone is 2. The fourth-order valence-corrected chi connectivity index (χ4v) is 6.87. The number of esters is 1. The van der Waals surface area contributed by atoms with Gasteiger partial charge in [-0.1, -0.05) is 50.6 Å². The first-order valence-electron chi connectivity index (χ1n) is 13.7. The number of aldehydes is 1. The van der Waals surface area contributed by atoms with Gasteiger partial charge >= 0.3 is 5.97 Å². The van der Waals surface area contributed by atoms with Gasteiger partial charge in [-0.3, -0.25) is 14.4 Å². The standard InChI is InChI=1S/C31H38FN3O4/c1-21-6-13-28-30(2,3)14-5-15-31(28,4)26(21)12-7-22(19-36)16-29(38)39-20-25-17-35(34-33-25)18-27(37)23-8-10-24(32)11-9-23/h7-11,17,19,26,28H,1,5-6,12-16,18,20H2,2-4H3/b22-7+/t26?,28-,31+/m0/s1. The molecule has 1 heterocycles. The first-order valence-corrected chi connectivity index (χ1v) is 13.7. The molecule has 3 atom stereocenters. The number of fused-ring (bicyclic) bond motifs is 1. The molecule has 1 aromatic carbocycles. The van der Waals surface area contributed by atoms with E-state index >= 15 is 0 Å². The Labute approximate surface area is 229 Å². The van der Waals surface area contributed by atoms with Crippen molar-refractivity contribution >= 4 is 18.0 Å². The fourth-order valence-electron chi connectivity index (χ4n) is 6.87. The summed E-state index contributed by atoms with van der Waals surface area (Å²) < 4.78 is 19.7. The number of Topliss-reactive ketones (excluding diaryl/α,β-unsaturated/α-hetero) is 1. The van der Waals surface area contributed by atoms with Gasteiger partial charge in [0.25, 0.3) is 0 Å². The molecule has 0 radical (unpaired) electrons. The lowest BCUT2D eigenvalue weighted by molar-refractivity contribution is -0.144. The Morgan fingerprint density at radius 2 is 1.95 bits per heavy atom. The molecule has 0 saturated heterocycles. The summed E-state index contributed by atoms with van der Waals surface area (Å²) in [5, 5.41) is 7.84. The van der Waals surface area contributed by atoms with Crippen LogP contribution < -0.4 is 0 Å². The Hall–Kier alpha value is -3.42. The third-order valence-electron chi connectivity index (χ3n) is 8.87. The fraction of sp³-hybridized carbons (Fsp3) is 0.516. The van der Waals surface area contributed by atoms with Gasteiger partial charge in [0, 0.05) is 5.56 Å². The predicted molar refractivity (Wildman–Crippen MR) is 145 cm³/mol. The van der Waals surface area contributed by atoms with Crippen LogP contribution in [0.15, 0.2) is 54.3 Å². The van der Waals surface area contributed by atoms with Gasteiger partial charge in [-0.25, -0.2) is 9.07 Å². The molecule has 2 saturated carbocycles. The number of halogens is 1. The summed E-state index contributed by atoms with van der Waals surface area (Å²) in [6, 6.07) is 5.27. The number of ether oxygens (including phenoxy) is 1. The average molecular weight is 536 g/mol. The zero-order valence-corrected chi connectivity index (χ0v) is 23.1. The van der Waals surface area contributed by atoms with Crippen molar-refractivity contribution in [3.05, 3.63) is 71.3 Å². The number of ketones is 1. The zero-order valence-electron chi connectivity index (χ0n) is 23.1. The van der Waals surface area contributed by atoms with Gasteiger partial charge in [-0.15, -0.1) is 5.10 Å². The Morgan fingerprint density at radius 1 is 1.21 bits per heavy atom. The van der Waals surface area contributed by atoms with Crippen molar-refractivity contribution in [2.24, 2.45) is 22.7 Å². The third-order valence-corrected chi connectivity index (χ3v) is 8.87. The van der Waals surface area contributed by atoms with Crippen molar-refractivity contribution in [3.63, 3.8) is 0 Å². The SMILES string of the molecule is C=C1CC[C@H]2C(C)(C)CCC[C@]2(C)C1C/C=C(/C=O)CC(=O)OCc1cn(CC(=O)c2ccc(F)cc2)nn1. The lowest BCUT2D eigenvalue weighted by Gasteiger charge is -2.58. The smallest absolute Gasteiger partial charge is 0.310 e. The van der Waals surface area contributed by atoms with E-state index in [-0.39, 0.29) is 36.7 Å². The third kappa shape index (κ3) is 6.60. The number of rotatable bonds is 10. The van der Waals surface area contributed by atoms with E-state index in [0.717, 1.165) is 19.1 Å². The summed E-state index contributed by atoms with van der Waals surface area (Å²) >= 11 is 0. The van der Waals surface area contributed by atoms with E-state index in [4.69, 9.17) is 4.74 Å². The monoisotopic (exact) mass is 535 g/mol. The molecule has 0 amide bonds. The molecule has 7 nitrogen and oxygen atoms in total. The second-order valence-corrected chi connectivity index (χ2v) is 12.0. The molecule has 0 N–H and O–H groups in total. The number of benzene rings is 1. The number of hydrogen-bond acceptors (Lipinski definition) is 6. The zero-order chi connectivity index (χ0) is 28.2. The Bertz CT molecular complexity index is 1260. The van der Waals surface area contributed by atoms with Gasteiger partial charge in [0.1, 0.15) is 30.9 Å². The minimum Gasteiger partial charge on any atom is -0.459 e. The molecule has 2 aliphatic rings. The van der Waals surface area contributed by atoms with Gasteiger partial charge in [-0.2, -0.15) is 0 Å². The molecule has 1 unspecified atom stereocenters. The van der Waals surface area contributed by atoms with Crippen LogP contribution in [0.4, 0.5) is 4.39 Å². The van der Waals surface area contributed by atoms with Gasteiger partial charge in [0.05, 0.1) is 12.6 Å². The first-order chi connectivity index (χ1) is 18.5. The molecule has 208 valence electrons. The lowest BCUT2D eigenvalue weighted by Crippen LogP contribution is -2.49. The highest BCUT2D eigenvalue weighted by Crippen LogP contribution is 2.61. The normalized spacial score (nSPS) is 24.6. The number of carbonyl (C=O) groups is 3. The topological polar surface area (TPSA) is 91.2 Å². The van der Waals surface area contributed by atoms with Gasteiger partial charge in [0.15, 0.2) is 5.78 Å². The highest BCUT2D eigenvalue weighted by molar-refractivity contribution is 5.95. The van der Waals surface area contributed by atoms with Gasteiger partial charge in [-0.05, 0) is 84.6 Å². The minimum absolute atomic E-state index is 0.0754. The van der Waals surface area contributed by atoms with E-state index in [1.54, 1.807) is 0 Å². The van der Waals surface area contributed by atoms with Crippen LogP contribution >= 0.6 is 0 Å². The van der Waals surface area contributed by atoms with Crippen molar-refractivity contribution in [2.75, 3.05) is 0 Å². The Morgan fingerprint density at radius 3 is 2.67 bits per heavy atom. The number of aromatic nitrogens is 3. The van der Waals surface area contributed by atoms with Crippen LogP contribution in [0.3, 0.4) is 0 Å². The maximum Gasteiger partial charge on any atom is 0.310 e. The van der Waals surface area contributed by atoms with E-state index in [2.05, 4.69) is 37.7 Å². The summed E-state index contributed by atoms with van der Waals surface area (Å²) in [7, 11) is 0. The molecule has 0 bridgehead atoms. The second-order valence-electron chi connectivity index (χ2n) is 12.0. The highest BCUT2D eigenvalue weighted by atomic mass is 19.1. The Kier molecular flexibility index (Phi) is 8.62. The van der Waals surface area contributed by atoms with Crippen LogP contribution in [0, 0.1) is 28.5 Å². The van der Waals surface area contributed by atoms with Crippen LogP contribution in [-0.2, 0) is 27.5 Å². The van der Waals surface area contributed by atoms with Crippen molar-refractivity contribution in [1.29, 1.82) is 0 Å². The van der Waals surface area contributed by atoms with Crippen molar-refractivity contribution in [2.45, 2.75) is 78.9 Å². The van der Waals surface area contributed by atoms with E-state index in [1.807, 2.05) is 6.08 Å². The van der Waals surface area contributed by atoms with E-state index in [9.17, 15) is 18.8 Å². The summed E-state index contributed by atoms with van der Waals surface area (Å²) in [4.78, 5) is 36.6. The predicted octanol–water partition coefficient (Wildman–Crippen LogP) is 6.05. The second kappa shape index (κ2) is 11.8. The Balaban J connectivity index is 1.31. The molecule has 4 rings (SSSR count). The maximum atomic E-state index is 13.1. The van der Waals surface area contributed by atoms with E-state index < -0.39 is 11.8 Å². The summed E-state index contributed by atoms with van der Waals surface area (Å²) in [5.74, 6) is -0.293. The van der Waals surface area contributed by atoms with E-state index in [0.29, 0.717) is 34.6 Å². The summed E-state index contributed by atoms with van der Waals surface area (Å²) in [6.45, 7) is 11.3. The molecule has 8 heteroatoms. The molecule has 0 aliphatic heterocycles. The molecule has 2 fully saturated rings. The van der Waals surface area contributed by atoms with Crippen LogP contribution in [0.1, 0.15) is 81.8 Å². The van der Waals surface area contributed by atoms with Crippen LogP contribution in [-0.4, -0.2) is 33.0 Å². The molecular weight excluding hydrogens is 497 g/mol. The average Bonchev–Trinajstić information content (AvgIpc) is 3.33. The molecule has 2 aromatic rings. The lowest BCUT2D eigenvalue weighted by atomic mass is 9.47. The first kappa shape index (κ1) is 28.6. The van der Waals surface area contributed by atoms with Gasteiger partial charge < -0.3 is 4.74 Å². The largest absolute Gasteiger partial charge is 0.459 e. The minimum atomic E-state index is -0.532. The van der Waals surface area contributed by atoms with Gasteiger partial charge in [0.2, 0.25) is 0 Å². The molecule has 2 aliphatic carbocycles. The molecule has 1 aromatic heterocycles. The summed E-state index contributed by atoms with van der Waals surface area (Å²) in [6.07, 6.45) is 10.5. The van der Waals surface area contributed by atoms with Crippen molar-refractivity contribution in [3.8, 4) is 0 Å². The van der Waals surface area contributed by atoms with Crippen molar-refractivity contribution in [1.82, 2.24) is 15.0 Å². The molecule has 0 spiro atoms. The number of nitrogens with zero attached hydrogens (tertiary/aromatic N) is 3. The molecular formula is C31H38FN3O4.